The molecule has 3 aliphatic rings. The maximum atomic E-state index is 12.9. The molecule has 0 bridgehead atoms. The zero-order valence-corrected chi connectivity index (χ0v) is 16.7. The summed E-state index contributed by atoms with van der Waals surface area (Å²) in [6.07, 6.45) is 5.50. The first-order valence-corrected chi connectivity index (χ1v) is 10.4. The molecule has 0 N–H and O–H groups in total. The van der Waals surface area contributed by atoms with Crippen LogP contribution >= 0.6 is 0 Å². The Morgan fingerprint density at radius 1 is 0.885 bits per heavy atom. The van der Waals surface area contributed by atoms with Crippen LogP contribution < -0.4 is 0 Å². The fourth-order valence-electron chi connectivity index (χ4n) is 4.68. The third-order valence-corrected chi connectivity index (χ3v) is 6.18. The third-order valence-electron chi connectivity index (χ3n) is 6.18. The number of rotatable bonds is 3. The molecule has 3 atom stereocenters. The van der Waals surface area contributed by atoms with Crippen molar-refractivity contribution in [3.05, 3.63) is 0 Å². The van der Waals surface area contributed by atoms with Crippen LogP contribution in [-0.2, 0) is 14.3 Å². The van der Waals surface area contributed by atoms with Crippen LogP contribution in [0.25, 0.3) is 0 Å². The van der Waals surface area contributed by atoms with Crippen molar-refractivity contribution in [2.75, 3.05) is 39.3 Å². The van der Waals surface area contributed by atoms with Gasteiger partial charge in [-0.05, 0) is 66.0 Å². The first-order chi connectivity index (χ1) is 12.5. The summed E-state index contributed by atoms with van der Waals surface area (Å²) in [4.78, 5) is 31.9. The third kappa shape index (κ3) is 4.58. The zero-order valence-electron chi connectivity index (χ0n) is 16.7. The Morgan fingerprint density at radius 2 is 1.46 bits per heavy atom. The van der Waals surface area contributed by atoms with Crippen molar-refractivity contribution in [2.45, 2.75) is 71.1 Å². The summed E-state index contributed by atoms with van der Waals surface area (Å²) in [6.45, 7) is 11.0. The molecule has 0 radical (unpaired) electrons. The first-order valence-electron chi connectivity index (χ1n) is 10.4. The van der Waals surface area contributed by atoms with Gasteiger partial charge in [0.25, 0.3) is 0 Å². The van der Waals surface area contributed by atoms with E-state index in [2.05, 4.69) is 9.80 Å². The standard InChI is InChI=1S/C20H35N3O3/c1-15-13-23(14-16(2)26-15)19(24)17(3)21-11-7-18(8-12-21)20(25)22-9-5-4-6-10-22/h15-18H,4-14H2,1-3H3. The topological polar surface area (TPSA) is 53.1 Å². The minimum atomic E-state index is -0.112. The van der Waals surface area contributed by atoms with Crippen molar-refractivity contribution < 1.29 is 14.3 Å². The van der Waals surface area contributed by atoms with Gasteiger partial charge in [0.1, 0.15) is 0 Å². The summed E-state index contributed by atoms with van der Waals surface area (Å²) in [6, 6.07) is -0.112. The van der Waals surface area contributed by atoms with Crippen LogP contribution in [0, 0.1) is 5.92 Å². The smallest absolute Gasteiger partial charge is 0.239 e. The number of likely N-dealkylation sites (tertiary alicyclic amines) is 2. The SMILES string of the molecule is CC1CN(C(=O)C(C)N2CCC(C(=O)N3CCCCC3)CC2)CC(C)O1. The monoisotopic (exact) mass is 365 g/mol. The van der Waals surface area contributed by atoms with Crippen LogP contribution in [0.4, 0.5) is 0 Å². The van der Waals surface area contributed by atoms with E-state index in [0.717, 1.165) is 51.9 Å². The van der Waals surface area contributed by atoms with Gasteiger partial charge in [0.05, 0.1) is 18.2 Å². The lowest BCUT2D eigenvalue weighted by molar-refractivity contribution is -0.149. The number of hydrogen-bond acceptors (Lipinski definition) is 4. The van der Waals surface area contributed by atoms with E-state index in [1.807, 2.05) is 25.7 Å². The molecule has 0 aromatic heterocycles. The molecular weight excluding hydrogens is 330 g/mol. The van der Waals surface area contributed by atoms with Gasteiger partial charge < -0.3 is 14.5 Å². The Hall–Kier alpha value is -1.14. The van der Waals surface area contributed by atoms with Gasteiger partial charge in [0, 0.05) is 32.1 Å². The maximum absolute atomic E-state index is 12.9. The second-order valence-electron chi connectivity index (χ2n) is 8.37. The van der Waals surface area contributed by atoms with E-state index < -0.39 is 0 Å². The number of amides is 2. The van der Waals surface area contributed by atoms with E-state index in [-0.39, 0.29) is 30.1 Å². The Kier molecular flexibility index (Phi) is 6.56. The maximum Gasteiger partial charge on any atom is 0.239 e. The van der Waals surface area contributed by atoms with Crippen molar-refractivity contribution in [3.8, 4) is 0 Å². The lowest BCUT2D eigenvalue weighted by Gasteiger charge is -2.41. The first kappa shape index (κ1) is 19.6. The number of carbonyl (C=O) groups is 2. The molecule has 6 nitrogen and oxygen atoms in total. The fourth-order valence-corrected chi connectivity index (χ4v) is 4.68. The highest BCUT2D eigenvalue weighted by molar-refractivity contribution is 5.82. The summed E-state index contributed by atoms with van der Waals surface area (Å²) >= 11 is 0. The summed E-state index contributed by atoms with van der Waals surface area (Å²) in [5.41, 5.74) is 0. The van der Waals surface area contributed by atoms with Gasteiger partial charge in [0.2, 0.25) is 11.8 Å². The number of morpholine rings is 1. The molecule has 148 valence electrons. The molecular formula is C20H35N3O3. The average Bonchev–Trinajstić information content (AvgIpc) is 2.66. The van der Waals surface area contributed by atoms with Crippen LogP contribution in [0.2, 0.25) is 0 Å². The second-order valence-corrected chi connectivity index (χ2v) is 8.37. The molecule has 0 aromatic rings. The van der Waals surface area contributed by atoms with E-state index in [4.69, 9.17) is 4.74 Å². The van der Waals surface area contributed by atoms with Gasteiger partial charge in [-0.1, -0.05) is 0 Å². The van der Waals surface area contributed by atoms with Gasteiger partial charge in [-0.15, -0.1) is 0 Å². The Morgan fingerprint density at radius 3 is 2.04 bits per heavy atom. The molecule has 3 saturated heterocycles. The van der Waals surface area contributed by atoms with Crippen molar-refractivity contribution in [1.29, 1.82) is 0 Å². The van der Waals surface area contributed by atoms with Gasteiger partial charge >= 0.3 is 0 Å². The van der Waals surface area contributed by atoms with E-state index in [0.29, 0.717) is 19.0 Å². The molecule has 3 rings (SSSR count). The van der Waals surface area contributed by atoms with Gasteiger partial charge in [0.15, 0.2) is 0 Å². The Balaban J connectivity index is 1.49. The minimum absolute atomic E-state index is 0.0998. The normalized spacial score (nSPS) is 30.3. The van der Waals surface area contributed by atoms with Gasteiger partial charge in [-0.25, -0.2) is 0 Å². The minimum Gasteiger partial charge on any atom is -0.372 e. The van der Waals surface area contributed by atoms with Crippen molar-refractivity contribution in [3.63, 3.8) is 0 Å². The molecule has 0 saturated carbocycles. The van der Waals surface area contributed by atoms with E-state index in [1.165, 1.54) is 6.42 Å². The summed E-state index contributed by atoms with van der Waals surface area (Å²) < 4.78 is 5.74. The van der Waals surface area contributed by atoms with E-state index in [9.17, 15) is 9.59 Å². The molecule has 0 aromatic carbocycles. The lowest BCUT2D eigenvalue weighted by atomic mass is 9.93. The summed E-state index contributed by atoms with van der Waals surface area (Å²) in [5.74, 6) is 0.696. The Bertz CT molecular complexity index is 489. The number of piperidine rings is 2. The molecule has 0 aliphatic carbocycles. The molecule has 2 amide bonds. The molecule has 26 heavy (non-hydrogen) atoms. The molecule has 3 fully saturated rings. The fraction of sp³-hybridized carbons (Fsp3) is 0.900. The lowest BCUT2D eigenvalue weighted by Crippen LogP contribution is -2.55. The molecule has 3 heterocycles. The zero-order chi connectivity index (χ0) is 18.7. The van der Waals surface area contributed by atoms with Crippen molar-refractivity contribution in [1.82, 2.24) is 14.7 Å². The second kappa shape index (κ2) is 8.70. The molecule has 0 spiro atoms. The number of ether oxygens (including phenoxy) is 1. The predicted octanol–water partition coefficient (Wildman–Crippen LogP) is 1.74. The van der Waals surface area contributed by atoms with Crippen LogP contribution in [0.15, 0.2) is 0 Å². The predicted molar refractivity (Wildman–Crippen MR) is 101 cm³/mol. The molecule has 3 aliphatic heterocycles. The largest absolute Gasteiger partial charge is 0.372 e. The number of carbonyl (C=O) groups excluding carboxylic acids is 2. The molecule has 3 unspecified atom stereocenters. The van der Waals surface area contributed by atoms with Gasteiger partial charge in [-0.3, -0.25) is 14.5 Å². The molecule has 6 heteroatoms. The highest BCUT2D eigenvalue weighted by Gasteiger charge is 2.35. The number of hydrogen-bond donors (Lipinski definition) is 0. The number of nitrogens with zero attached hydrogens (tertiary/aromatic N) is 3. The van der Waals surface area contributed by atoms with Crippen molar-refractivity contribution in [2.24, 2.45) is 5.92 Å². The average molecular weight is 366 g/mol. The highest BCUT2D eigenvalue weighted by Crippen LogP contribution is 2.24. The van der Waals surface area contributed by atoms with Crippen LogP contribution in [0.5, 0.6) is 0 Å². The van der Waals surface area contributed by atoms with E-state index in [1.54, 1.807) is 0 Å². The van der Waals surface area contributed by atoms with Crippen molar-refractivity contribution >= 4 is 11.8 Å². The van der Waals surface area contributed by atoms with Crippen LogP contribution in [0.1, 0.15) is 52.9 Å². The van der Waals surface area contributed by atoms with Gasteiger partial charge in [-0.2, -0.15) is 0 Å². The quantitative estimate of drug-likeness (QED) is 0.764. The highest BCUT2D eigenvalue weighted by atomic mass is 16.5. The summed E-state index contributed by atoms with van der Waals surface area (Å²) in [7, 11) is 0. The summed E-state index contributed by atoms with van der Waals surface area (Å²) in [5, 5.41) is 0. The van der Waals surface area contributed by atoms with Crippen LogP contribution in [-0.4, -0.2) is 84.0 Å². The van der Waals surface area contributed by atoms with E-state index >= 15 is 0 Å². The van der Waals surface area contributed by atoms with Crippen LogP contribution in [0.3, 0.4) is 0 Å². The Labute approximate surface area is 157 Å².